The molecule has 1 saturated heterocycles. The number of halogens is 2. The normalized spacial score (nSPS) is 15.7. The van der Waals surface area contributed by atoms with E-state index in [0.717, 1.165) is 44.0 Å². The van der Waals surface area contributed by atoms with Crippen LogP contribution in [0.4, 0.5) is 30.8 Å². The van der Waals surface area contributed by atoms with E-state index in [1.165, 1.54) is 24.5 Å². The molecular formula is C21H18F2N6O. The van der Waals surface area contributed by atoms with Crippen LogP contribution in [0, 0.1) is 11.6 Å². The summed E-state index contributed by atoms with van der Waals surface area (Å²) in [5.74, 6) is -0.491. The van der Waals surface area contributed by atoms with Crippen LogP contribution in [0.3, 0.4) is 0 Å². The summed E-state index contributed by atoms with van der Waals surface area (Å²) in [4.78, 5) is 29.4. The molecule has 7 nitrogen and oxygen atoms in total. The van der Waals surface area contributed by atoms with Crippen LogP contribution in [0.15, 0.2) is 49.1 Å². The van der Waals surface area contributed by atoms with Gasteiger partial charge < -0.3 is 10.2 Å². The zero-order valence-corrected chi connectivity index (χ0v) is 15.9. The number of pyridine rings is 3. The highest BCUT2D eigenvalue weighted by Crippen LogP contribution is 2.39. The number of carbonyl (C=O) groups is 1. The first kappa shape index (κ1) is 18.4. The Bertz CT molecular complexity index is 1120. The summed E-state index contributed by atoms with van der Waals surface area (Å²) in [6, 6.07) is 5.83. The van der Waals surface area contributed by atoms with Gasteiger partial charge in [0, 0.05) is 37.0 Å². The van der Waals surface area contributed by atoms with Crippen molar-refractivity contribution in [3.8, 4) is 11.3 Å². The minimum Gasteiger partial charge on any atom is -0.368 e. The monoisotopic (exact) mass is 408 g/mol. The molecule has 152 valence electrons. The number of urea groups is 1. The predicted molar refractivity (Wildman–Crippen MR) is 108 cm³/mol. The second kappa shape index (κ2) is 7.33. The zero-order chi connectivity index (χ0) is 20.7. The molecule has 0 atom stereocenters. The maximum Gasteiger partial charge on any atom is 0.327 e. The molecule has 3 aromatic rings. The van der Waals surface area contributed by atoms with Gasteiger partial charge in [0.1, 0.15) is 11.6 Å². The lowest BCUT2D eigenvalue weighted by Gasteiger charge is -2.31. The number of amides is 2. The number of nitrogens with zero attached hydrogens (tertiary/aromatic N) is 5. The van der Waals surface area contributed by atoms with Gasteiger partial charge in [-0.3, -0.25) is 14.9 Å². The van der Waals surface area contributed by atoms with Crippen LogP contribution in [-0.2, 0) is 0 Å². The van der Waals surface area contributed by atoms with E-state index < -0.39 is 17.7 Å². The second-order valence-corrected chi connectivity index (χ2v) is 7.34. The topological polar surface area (TPSA) is 74.2 Å². The molecule has 1 fully saturated rings. The predicted octanol–water partition coefficient (Wildman–Crippen LogP) is 3.84. The van der Waals surface area contributed by atoms with E-state index in [-0.39, 0.29) is 11.7 Å². The number of fused-ring (bicyclic) bond motifs is 2. The Morgan fingerprint density at radius 2 is 1.73 bits per heavy atom. The van der Waals surface area contributed by atoms with Crippen molar-refractivity contribution in [2.75, 3.05) is 28.2 Å². The van der Waals surface area contributed by atoms with E-state index in [1.54, 1.807) is 11.0 Å². The molecule has 2 amide bonds. The zero-order valence-electron chi connectivity index (χ0n) is 15.9. The highest BCUT2D eigenvalue weighted by Gasteiger charge is 2.37. The summed E-state index contributed by atoms with van der Waals surface area (Å²) in [5, 5.41) is 2.73. The molecule has 6 rings (SSSR count). The van der Waals surface area contributed by atoms with E-state index in [9.17, 15) is 13.6 Å². The van der Waals surface area contributed by atoms with Gasteiger partial charge in [-0.15, -0.1) is 0 Å². The lowest BCUT2D eigenvalue weighted by molar-refractivity contribution is 0.253. The average molecular weight is 408 g/mol. The maximum atomic E-state index is 13.7. The lowest BCUT2D eigenvalue weighted by Crippen LogP contribution is -2.46. The van der Waals surface area contributed by atoms with Gasteiger partial charge in [-0.25, -0.2) is 18.6 Å². The smallest absolute Gasteiger partial charge is 0.327 e. The van der Waals surface area contributed by atoms with Gasteiger partial charge in [0.25, 0.3) is 0 Å². The Labute approximate surface area is 171 Å². The number of hydrogen-bond donors (Lipinski definition) is 1. The molecule has 2 bridgehead atoms. The Morgan fingerprint density at radius 3 is 2.47 bits per heavy atom. The largest absolute Gasteiger partial charge is 0.368 e. The van der Waals surface area contributed by atoms with Gasteiger partial charge >= 0.3 is 6.03 Å². The first-order valence-corrected chi connectivity index (χ1v) is 9.66. The van der Waals surface area contributed by atoms with E-state index in [2.05, 4.69) is 20.2 Å². The molecule has 0 aliphatic carbocycles. The van der Waals surface area contributed by atoms with Crippen LogP contribution in [-0.4, -0.2) is 40.1 Å². The van der Waals surface area contributed by atoms with E-state index >= 15 is 0 Å². The molecule has 0 spiro atoms. The highest BCUT2D eigenvalue weighted by atomic mass is 19.1. The van der Waals surface area contributed by atoms with Gasteiger partial charge in [-0.05, 0) is 31.0 Å². The minimum atomic E-state index is -0.532. The van der Waals surface area contributed by atoms with Crippen molar-refractivity contribution in [2.24, 2.45) is 0 Å². The van der Waals surface area contributed by atoms with Crippen LogP contribution in [0.1, 0.15) is 12.8 Å². The van der Waals surface area contributed by atoms with E-state index in [1.807, 2.05) is 6.07 Å². The van der Waals surface area contributed by atoms with Crippen LogP contribution < -0.4 is 15.1 Å². The van der Waals surface area contributed by atoms with Crippen molar-refractivity contribution in [1.29, 1.82) is 0 Å². The third kappa shape index (κ3) is 3.32. The van der Waals surface area contributed by atoms with Crippen molar-refractivity contribution in [2.45, 2.75) is 18.9 Å². The Morgan fingerprint density at radius 1 is 1.00 bits per heavy atom. The van der Waals surface area contributed by atoms with Crippen molar-refractivity contribution >= 4 is 23.2 Å². The molecule has 0 aromatic carbocycles. The molecule has 3 aliphatic heterocycles. The van der Waals surface area contributed by atoms with Gasteiger partial charge in [0.05, 0.1) is 35.7 Å². The van der Waals surface area contributed by atoms with Gasteiger partial charge in [-0.1, -0.05) is 0 Å². The Hall–Kier alpha value is -3.62. The summed E-state index contributed by atoms with van der Waals surface area (Å²) in [6.07, 6.45) is 6.72. The first-order valence-electron chi connectivity index (χ1n) is 9.66. The van der Waals surface area contributed by atoms with Gasteiger partial charge in [-0.2, -0.15) is 0 Å². The number of carbonyl (C=O) groups excluding carboxylic acids is 1. The molecular weight excluding hydrogens is 390 g/mol. The summed E-state index contributed by atoms with van der Waals surface area (Å²) in [6.45, 7) is 1.62. The van der Waals surface area contributed by atoms with Crippen LogP contribution in [0.2, 0.25) is 0 Å². The Balaban J connectivity index is 1.56. The molecule has 0 saturated carbocycles. The highest BCUT2D eigenvalue weighted by molar-refractivity contribution is 6.04. The van der Waals surface area contributed by atoms with Crippen LogP contribution >= 0.6 is 0 Å². The standard InChI is InChI=1S/C21H18F2N6O/c22-14-7-13(9-24-10-14)18-1-2-19-20(27-18)29(17-3-5-28(19)6-4-17)21(30)26-16-8-15(23)11-25-12-16/h1-2,7-12,17H,3-6H2,(H,26,30). The summed E-state index contributed by atoms with van der Waals surface area (Å²) >= 11 is 0. The fourth-order valence-corrected chi connectivity index (χ4v) is 4.04. The van der Waals surface area contributed by atoms with Crippen LogP contribution in [0.25, 0.3) is 11.3 Å². The van der Waals surface area contributed by atoms with Gasteiger partial charge in [0.2, 0.25) is 0 Å². The molecule has 9 heteroatoms. The number of nitrogens with one attached hydrogen (secondary N) is 1. The van der Waals surface area contributed by atoms with Gasteiger partial charge in [0.15, 0.2) is 5.82 Å². The second-order valence-electron chi connectivity index (χ2n) is 7.34. The molecule has 1 N–H and O–H groups in total. The summed E-state index contributed by atoms with van der Waals surface area (Å²) in [5.41, 5.74) is 2.16. The molecule has 30 heavy (non-hydrogen) atoms. The number of rotatable bonds is 2. The lowest BCUT2D eigenvalue weighted by atomic mass is 10.1. The number of anilines is 3. The summed E-state index contributed by atoms with van der Waals surface area (Å²) < 4.78 is 27.2. The number of piperidine rings is 1. The van der Waals surface area contributed by atoms with E-state index in [0.29, 0.717) is 17.1 Å². The number of aromatic nitrogens is 3. The van der Waals surface area contributed by atoms with Crippen molar-refractivity contribution in [1.82, 2.24) is 15.0 Å². The average Bonchev–Trinajstić information content (AvgIpc) is 2.99. The minimum absolute atomic E-state index is 0.0441. The number of hydrogen-bond acceptors (Lipinski definition) is 5. The SMILES string of the molecule is O=C(Nc1cncc(F)c1)N1c2nc(-c3cncc(F)c3)ccc2N2CCC1CC2. The fraction of sp³-hybridized carbons (Fsp3) is 0.238. The molecule has 0 radical (unpaired) electrons. The van der Waals surface area contributed by atoms with Crippen molar-refractivity contribution in [3.63, 3.8) is 0 Å². The summed E-state index contributed by atoms with van der Waals surface area (Å²) in [7, 11) is 0. The Kier molecular flexibility index (Phi) is 4.50. The molecule has 3 aliphatic rings. The maximum absolute atomic E-state index is 13.7. The first-order chi connectivity index (χ1) is 14.6. The third-order valence-electron chi connectivity index (χ3n) is 5.43. The third-order valence-corrected chi connectivity index (χ3v) is 5.43. The quantitative estimate of drug-likeness (QED) is 0.698. The molecule has 3 aromatic heterocycles. The molecule has 6 heterocycles. The van der Waals surface area contributed by atoms with Crippen molar-refractivity contribution in [3.05, 3.63) is 60.7 Å². The van der Waals surface area contributed by atoms with Crippen molar-refractivity contribution < 1.29 is 13.6 Å². The molecule has 0 unspecified atom stereocenters. The fourth-order valence-electron chi connectivity index (χ4n) is 4.04. The van der Waals surface area contributed by atoms with Crippen LogP contribution in [0.5, 0.6) is 0 Å². The van der Waals surface area contributed by atoms with E-state index in [4.69, 9.17) is 4.98 Å².